The molecule has 0 fully saturated rings. The molecule has 3 N–H and O–H groups in total. The first-order valence-corrected chi connectivity index (χ1v) is 10.8. The molecule has 160 valence electrons. The summed E-state index contributed by atoms with van der Waals surface area (Å²) < 4.78 is 1.74. The van der Waals surface area contributed by atoms with E-state index in [0.29, 0.717) is 29.4 Å². The fraction of sp³-hybridized carbons (Fsp3) is 0.261. The maximum atomic E-state index is 12.6. The smallest absolute Gasteiger partial charge is 0.324 e. The Hall–Kier alpha value is -3.32. The van der Waals surface area contributed by atoms with Crippen LogP contribution in [0.15, 0.2) is 48.5 Å². The Balaban J connectivity index is 1.59. The van der Waals surface area contributed by atoms with Gasteiger partial charge in [-0.25, -0.2) is 9.48 Å². The average molecular weight is 438 g/mol. The number of aromatic nitrogens is 2. The van der Waals surface area contributed by atoms with Gasteiger partial charge in [-0.3, -0.25) is 10.1 Å². The van der Waals surface area contributed by atoms with Gasteiger partial charge >= 0.3 is 6.03 Å². The number of rotatable bonds is 6. The summed E-state index contributed by atoms with van der Waals surface area (Å²) in [6.45, 7) is 2.13. The highest BCUT2D eigenvalue weighted by Gasteiger charge is 2.18. The van der Waals surface area contributed by atoms with Crippen LogP contribution < -0.4 is 16.0 Å². The number of nitrogens with one attached hydrogen (secondary N) is 3. The second-order valence-electron chi connectivity index (χ2n) is 7.51. The molecule has 31 heavy (non-hydrogen) atoms. The molecule has 0 radical (unpaired) electrons. The van der Waals surface area contributed by atoms with Crippen LogP contribution >= 0.6 is 11.6 Å². The first-order chi connectivity index (χ1) is 15.0. The Bertz CT molecular complexity index is 1110. The van der Waals surface area contributed by atoms with E-state index in [9.17, 15) is 9.59 Å². The molecule has 4 rings (SSSR count). The van der Waals surface area contributed by atoms with Crippen molar-refractivity contribution >= 4 is 40.7 Å². The summed E-state index contributed by atoms with van der Waals surface area (Å²) in [4.78, 5) is 24.2. The van der Waals surface area contributed by atoms with E-state index in [-0.39, 0.29) is 11.9 Å². The van der Waals surface area contributed by atoms with Crippen LogP contribution in [0.5, 0.6) is 0 Å². The summed E-state index contributed by atoms with van der Waals surface area (Å²) in [5.74, 6) is 0.611. The zero-order valence-corrected chi connectivity index (χ0v) is 18.0. The Labute approximate surface area is 185 Å². The highest BCUT2D eigenvalue weighted by Crippen LogP contribution is 2.27. The molecule has 0 spiro atoms. The van der Waals surface area contributed by atoms with Crippen LogP contribution in [-0.2, 0) is 17.6 Å². The van der Waals surface area contributed by atoms with Crippen molar-refractivity contribution in [2.45, 2.75) is 39.0 Å². The summed E-state index contributed by atoms with van der Waals surface area (Å²) in [6.07, 6.45) is 4.05. The molecule has 0 aliphatic carbocycles. The van der Waals surface area contributed by atoms with Crippen molar-refractivity contribution in [3.8, 4) is 5.69 Å². The minimum Gasteiger partial charge on any atom is -0.326 e. The molecule has 0 bridgehead atoms. The summed E-state index contributed by atoms with van der Waals surface area (Å²) >= 11 is 5.91. The van der Waals surface area contributed by atoms with Gasteiger partial charge in [-0.1, -0.05) is 24.9 Å². The number of amides is 3. The van der Waals surface area contributed by atoms with Crippen molar-refractivity contribution < 1.29 is 9.59 Å². The zero-order valence-electron chi connectivity index (χ0n) is 17.2. The lowest BCUT2D eigenvalue weighted by atomic mass is 10.0. The topological polar surface area (TPSA) is 88.0 Å². The minimum atomic E-state index is -0.365. The number of nitrogens with zero attached hydrogens (tertiary/aromatic N) is 2. The number of unbranched alkanes of at least 4 members (excludes halogenated alkanes) is 1. The van der Waals surface area contributed by atoms with Crippen LogP contribution in [0.25, 0.3) is 5.69 Å². The Morgan fingerprint density at radius 3 is 2.71 bits per heavy atom. The lowest BCUT2D eigenvalue weighted by molar-refractivity contribution is -0.116. The van der Waals surface area contributed by atoms with E-state index >= 15 is 0 Å². The zero-order chi connectivity index (χ0) is 21.8. The lowest BCUT2D eigenvalue weighted by Crippen LogP contribution is -2.21. The van der Waals surface area contributed by atoms with Crippen molar-refractivity contribution in [1.29, 1.82) is 0 Å². The fourth-order valence-electron chi connectivity index (χ4n) is 3.51. The van der Waals surface area contributed by atoms with Crippen molar-refractivity contribution in [2.75, 3.05) is 16.0 Å². The van der Waals surface area contributed by atoms with Crippen LogP contribution in [-0.4, -0.2) is 21.7 Å². The van der Waals surface area contributed by atoms with Gasteiger partial charge in [0.15, 0.2) is 0 Å². The van der Waals surface area contributed by atoms with Gasteiger partial charge in [-0.05, 0) is 67.3 Å². The minimum absolute atomic E-state index is 0.0300. The van der Waals surface area contributed by atoms with Crippen molar-refractivity contribution in [3.63, 3.8) is 0 Å². The monoisotopic (exact) mass is 437 g/mol. The molecule has 1 aliphatic rings. The maximum Gasteiger partial charge on any atom is 0.324 e. The molecular formula is C23H24ClN5O2. The van der Waals surface area contributed by atoms with Crippen molar-refractivity contribution in [1.82, 2.24) is 9.78 Å². The van der Waals surface area contributed by atoms with Gasteiger partial charge in [0.1, 0.15) is 5.82 Å². The second-order valence-corrected chi connectivity index (χ2v) is 7.95. The van der Waals surface area contributed by atoms with Crippen LogP contribution in [0.4, 0.5) is 22.0 Å². The third-order valence-corrected chi connectivity index (χ3v) is 5.37. The van der Waals surface area contributed by atoms with Gasteiger partial charge in [0.25, 0.3) is 0 Å². The Morgan fingerprint density at radius 2 is 1.94 bits per heavy atom. The molecule has 1 aromatic heterocycles. The predicted molar refractivity (Wildman–Crippen MR) is 123 cm³/mol. The molecule has 1 aliphatic heterocycles. The quantitative estimate of drug-likeness (QED) is 0.482. The standard InChI is InChI=1S/C23H24ClN5O2/c1-2-3-4-18-14-21(27-23(31)25-17-8-6-16(24)7-9-17)29(28-18)19-10-11-20-15(13-19)5-12-22(30)26-20/h6-11,13-14H,2-5,12H2,1H3,(H,26,30)(H2,25,27,31). The second kappa shape index (κ2) is 9.22. The lowest BCUT2D eigenvalue weighted by Gasteiger charge is -2.18. The number of anilines is 3. The van der Waals surface area contributed by atoms with E-state index in [1.807, 2.05) is 24.3 Å². The number of hydrogen-bond donors (Lipinski definition) is 3. The number of carbonyl (C=O) groups is 2. The number of urea groups is 1. The number of aryl methyl sites for hydroxylation is 2. The summed E-state index contributed by atoms with van der Waals surface area (Å²) in [7, 11) is 0. The van der Waals surface area contributed by atoms with Crippen LogP contribution in [0, 0.1) is 0 Å². The molecule has 3 amide bonds. The van der Waals surface area contributed by atoms with Gasteiger partial charge < -0.3 is 10.6 Å². The highest BCUT2D eigenvalue weighted by atomic mass is 35.5. The molecule has 0 unspecified atom stereocenters. The van der Waals surface area contributed by atoms with E-state index < -0.39 is 0 Å². The number of fused-ring (bicyclic) bond motifs is 1. The van der Waals surface area contributed by atoms with E-state index in [4.69, 9.17) is 16.7 Å². The maximum absolute atomic E-state index is 12.6. The van der Waals surface area contributed by atoms with Crippen LogP contribution in [0.1, 0.15) is 37.4 Å². The van der Waals surface area contributed by atoms with Gasteiger partial charge in [0, 0.05) is 28.9 Å². The molecule has 3 aromatic rings. The third kappa shape index (κ3) is 5.06. The Morgan fingerprint density at radius 1 is 1.13 bits per heavy atom. The summed E-state index contributed by atoms with van der Waals surface area (Å²) in [5.41, 5.74) is 4.27. The normalized spacial score (nSPS) is 12.8. The van der Waals surface area contributed by atoms with E-state index in [2.05, 4.69) is 22.9 Å². The fourth-order valence-corrected chi connectivity index (χ4v) is 3.64. The van der Waals surface area contributed by atoms with E-state index in [1.54, 1.807) is 28.9 Å². The largest absolute Gasteiger partial charge is 0.326 e. The van der Waals surface area contributed by atoms with Gasteiger partial charge in [-0.15, -0.1) is 0 Å². The van der Waals surface area contributed by atoms with E-state index in [1.165, 1.54) is 0 Å². The van der Waals surface area contributed by atoms with E-state index in [0.717, 1.165) is 41.9 Å². The molecule has 2 heterocycles. The van der Waals surface area contributed by atoms with Crippen molar-refractivity contribution in [3.05, 3.63) is 64.8 Å². The van der Waals surface area contributed by atoms with Gasteiger partial charge in [0.05, 0.1) is 11.4 Å². The molecule has 8 heteroatoms. The summed E-state index contributed by atoms with van der Waals surface area (Å²) in [6, 6.07) is 14.2. The van der Waals surface area contributed by atoms with Crippen LogP contribution in [0.3, 0.4) is 0 Å². The van der Waals surface area contributed by atoms with Gasteiger partial charge in [-0.2, -0.15) is 5.10 Å². The summed E-state index contributed by atoms with van der Waals surface area (Å²) in [5, 5.41) is 13.9. The Kier molecular flexibility index (Phi) is 6.23. The number of halogens is 1. The molecule has 7 nitrogen and oxygen atoms in total. The SMILES string of the molecule is CCCCc1cc(NC(=O)Nc2ccc(Cl)cc2)n(-c2ccc3c(c2)CCC(=O)N3)n1. The van der Waals surface area contributed by atoms with Crippen molar-refractivity contribution in [2.24, 2.45) is 0 Å². The number of carbonyl (C=O) groups excluding carboxylic acids is 2. The molecule has 0 atom stereocenters. The first kappa shape index (κ1) is 20.9. The average Bonchev–Trinajstić information content (AvgIpc) is 3.16. The molecular weight excluding hydrogens is 414 g/mol. The predicted octanol–water partition coefficient (Wildman–Crippen LogP) is 5.40. The number of benzene rings is 2. The number of hydrogen-bond acceptors (Lipinski definition) is 3. The first-order valence-electron chi connectivity index (χ1n) is 10.4. The van der Waals surface area contributed by atoms with Crippen LogP contribution in [0.2, 0.25) is 5.02 Å². The highest BCUT2D eigenvalue weighted by molar-refractivity contribution is 6.30. The molecule has 2 aromatic carbocycles. The molecule has 0 saturated carbocycles. The molecule has 0 saturated heterocycles. The third-order valence-electron chi connectivity index (χ3n) is 5.12. The van der Waals surface area contributed by atoms with Gasteiger partial charge in [0.2, 0.25) is 5.91 Å².